The number of hydrogen-bond acceptors (Lipinski definition) is 2. The Bertz CT molecular complexity index is 178. The molecule has 0 fully saturated rings. The molecule has 3 heteroatoms. The Kier molecular flexibility index (Phi) is 2.00. The Morgan fingerprint density at radius 2 is 2.50 bits per heavy atom. The number of hydrogen-bond donors (Lipinski definition) is 0. The van der Waals surface area contributed by atoms with E-state index in [1.807, 2.05) is 17.5 Å². The van der Waals surface area contributed by atoms with Crippen molar-refractivity contribution in [1.82, 2.24) is 0 Å². The van der Waals surface area contributed by atoms with E-state index in [0.29, 0.717) is 4.32 Å². The maximum Gasteiger partial charge on any atom is 0.121 e. The number of halogens is 1. The highest BCUT2D eigenvalue weighted by atomic mass is 35.5. The minimum absolute atomic E-state index is 0.458. The predicted molar refractivity (Wildman–Crippen MR) is 41.9 cm³/mol. The summed E-state index contributed by atoms with van der Waals surface area (Å²) in [6.07, 6.45) is 0. The molecule has 0 radical (unpaired) electrons. The summed E-state index contributed by atoms with van der Waals surface area (Å²) >= 11 is 11.7. The Labute approximate surface area is 62.1 Å². The molecule has 0 aliphatic heterocycles. The van der Waals surface area contributed by atoms with Crippen LogP contribution in [0.1, 0.15) is 4.88 Å². The van der Waals surface area contributed by atoms with Crippen LogP contribution in [-0.4, -0.2) is 4.32 Å². The lowest BCUT2D eigenvalue weighted by atomic mass is 10.5. The molecule has 42 valence electrons. The van der Waals surface area contributed by atoms with Crippen LogP contribution in [0, 0.1) is 0 Å². The molecule has 0 N–H and O–H groups in total. The van der Waals surface area contributed by atoms with Crippen LogP contribution in [0.25, 0.3) is 0 Å². The zero-order valence-corrected chi connectivity index (χ0v) is 6.32. The van der Waals surface area contributed by atoms with Crippen LogP contribution < -0.4 is 0 Å². The van der Waals surface area contributed by atoms with Gasteiger partial charge in [0.15, 0.2) is 0 Å². The maximum atomic E-state index is 5.49. The lowest BCUT2D eigenvalue weighted by Gasteiger charge is -1.80. The highest BCUT2D eigenvalue weighted by molar-refractivity contribution is 7.84. The molecule has 1 aromatic rings. The Hall–Kier alpha value is 0.0800. The standard InChI is InChI=1S/C5H3ClS2/c6-5(7)4-2-1-3-8-4/h1-3H. The third-order valence-corrected chi connectivity index (χ3v) is 2.27. The third kappa shape index (κ3) is 1.28. The first-order chi connectivity index (χ1) is 3.80. The van der Waals surface area contributed by atoms with Crippen molar-refractivity contribution in [2.75, 3.05) is 0 Å². The SMILES string of the molecule is S=C(Cl)c1cccs1. The molecule has 0 unspecified atom stereocenters. The monoisotopic (exact) mass is 162 g/mol. The average Bonchev–Trinajstić information content (AvgIpc) is 2.12. The number of rotatable bonds is 1. The molecule has 0 spiro atoms. The van der Waals surface area contributed by atoms with E-state index in [4.69, 9.17) is 23.8 Å². The third-order valence-electron chi connectivity index (χ3n) is 0.715. The highest BCUT2D eigenvalue weighted by Gasteiger charge is 1.93. The van der Waals surface area contributed by atoms with Gasteiger partial charge in [-0.15, -0.1) is 11.3 Å². The van der Waals surface area contributed by atoms with E-state index in [0.717, 1.165) is 4.88 Å². The highest BCUT2D eigenvalue weighted by Crippen LogP contribution is 2.11. The van der Waals surface area contributed by atoms with Crippen LogP contribution in [0.5, 0.6) is 0 Å². The average molecular weight is 163 g/mol. The van der Waals surface area contributed by atoms with Gasteiger partial charge in [0.2, 0.25) is 0 Å². The first-order valence-corrected chi connectivity index (χ1v) is 3.70. The van der Waals surface area contributed by atoms with E-state index in [1.54, 1.807) is 11.3 Å². The van der Waals surface area contributed by atoms with Crippen molar-refractivity contribution in [1.29, 1.82) is 0 Å². The van der Waals surface area contributed by atoms with Crippen molar-refractivity contribution in [3.05, 3.63) is 22.4 Å². The summed E-state index contributed by atoms with van der Waals surface area (Å²) in [5.41, 5.74) is 0. The lowest BCUT2D eigenvalue weighted by molar-refractivity contribution is 1.99. The molecule has 1 heterocycles. The summed E-state index contributed by atoms with van der Waals surface area (Å²) in [6, 6.07) is 3.83. The second kappa shape index (κ2) is 2.58. The van der Waals surface area contributed by atoms with Gasteiger partial charge in [0.05, 0.1) is 4.88 Å². The summed E-state index contributed by atoms with van der Waals surface area (Å²) < 4.78 is 0.458. The van der Waals surface area contributed by atoms with Crippen LogP contribution in [-0.2, 0) is 0 Å². The Morgan fingerprint density at radius 3 is 2.75 bits per heavy atom. The van der Waals surface area contributed by atoms with Gasteiger partial charge in [0, 0.05) is 0 Å². The fraction of sp³-hybridized carbons (Fsp3) is 0. The maximum absolute atomic E-state index is 5.49. The molecule has 0 bridgehead atoms. The first kappa shape index (κ1) is 6.20. The molecule has 1 aromatic heterocycles. The topological polar surface area (TPSA) is 0 Å². The quantitative estimate of drug-likeness (QED) is 0.452. The lowest BCUT2D eigenvalue weighted by Crippen LogP contribution is -1.75. The Balaban J connectivity index is 2.93. The van der Waals surface area contributed by atoms with Crippen molar-refractivity contribution in [2.45, 2.75) is 0 Å². The van der Waals surface area contributed by atoms with Gasteiger partial charge in [-0.1, -0.05) is 29.9 Å². The van der Waals surface area contributed by atoms with E-state index in [9.17, 15) is 0 Å². The second-order valence-corrected chi connectivity index (χ2v) is 3.21. The van der Waals surface area contributed by atoms with Gasteiger partial charge in [-0.3, -0.25) is 0 Å². The van der Waals surface area contributed by atoms with Gasteiger partial charge in [-0.25, -0.2) is 0 Å². The van der Waals surface area contributed by atoms with E-state index < -0.39 is 0 Å². The molecule has 0 amide bonds. The first-order valence-electron chi connectivity index (χ1n) is 2.04. The van der Waals surface area contributed by atoms with Crippen LogP contribution in [0.3, 0.4) is 0 Å². The van der Waals surface area contributed by atoms with Crippen LogP contribution >= 0.6 is 35.2 Å². The molecule has 0 atom stereocenters. The summed E-state index contributed by atoms with van der Waals surface area (Å²) in [5, 5.41) is 1.95. The Morgan fingerprint density at radius 1 is 1.75 bits per heavy atom. The molecule has 0 saturated carbocycles. The van der Waals surface area contributed by atoms with Crippen LogP contribution in [0.2, 0.25) is 0 Å². The molecular formula is C5H3ClS2. The van der Waals surface area contributed by atoms with Crippen molar-refractivity contribution in [3.8, 4) is 0 Å². The predicted octanol–water partition coefficient (Wildman–Crippen LogP) is 2.66. The smallest absolute Gasteiger partial charge is 0.121 e. The molecular weight excluding hydrogens is 160 g/mol. The summed E-state index contributed by atoms with van der Waals surface area (Å²) in [6.45, 7) is 0. The molecule has 0 aromatic carbocycles. The van der Waals surface area contributed by atoms with Gasteiger partial charge < -0.3 is 0 Å². The van der Waals surface area contributed by atoms with Crippen molar-refractivity contribution < 1.29 is 0 Å². The minimum atomic E-state index is 0.458. The van der Waals surface area contributed by atoms with Crippen LogP contribution in [0.15, 0.2) is 17.5 Å². The van der Waals surface area contributed by atoms with E-state index in [2.05, 4.69) is 0 Å². The van der Waals surface area contributed by atoms with Crippen molar-refractivity contribution in [3.63, 3.8) is 0 Å². The van der Waals surface area contributed by atoms with Crippen molar-refractivity contribution >= 4 is 39.5 Å². The number of thiocarbonyl (C=S) groups is 1. The molecule has 0 nitrogen and oxygen atoms in total. The van der Waals surface area contributed by atoms with Gasteiger partial charge in [-0.05, 0) is 11.4 Å². The van der Waals surface area contributed by atoms with Crippen molar-refractivity contribution in [2.24, 2.45) is 0 Å². The fourth-order valence-electron chi connectivity index (χ4n) is 0.390. The fourth-order valence-corrected chi connectivity index (χ4v) is 1.35. The molecule has 0 aliphatic carbocycles. The van der Waals surface area contributed by atoms with Crippen LogP contribution in [0.4, 0.5) is 0 Å². The van der Waals surface area contributed by atoms with Gasteiger partial charge in [0.1, 0.15) is 4.32 Å². The molecule has 1 rings (SSSR count). The normalized spacial score (nSPS) is 9.12. The molecule has 8 heavy (non-hydrogen) atoms. The molecule has 0 aliphatic rings. The van der Waals surface area contributed by atoms with Gasteiger partial charge in [0.25, 0.3) is 0 Å². The zero-order valence-electron chi connectivity index (χ0n) is 3.93. The zero-order chi connectivity index (χ0) is 5.98. The van der Waals surface area contributed by atoms with E-state index >= 15 is 0 Å². The number of thiophene rings is 1. The largest absolute Gasteiger partial charge is 0.142 e. The van der Waals surface area contributed by atoms with Gasteiger partial charge in [-0.2, -0.15) is 0 Å². The summed E-state index contributed by atoms with van der Waals surface area (Å²) in [4.78, 5) is 0.974. The molecule has 0 saturated heterocycles. The van der Waals surface area contributed by atoms with E-state index in [1.165, 1.54) is 0 Å². The summed E-state index contributed by atoms with van der Waals surface area (Å²) in [5.74, 6) is 0. The van der Waals surface area contributed by atoms with E-state index in [-0.39, 0.29) is 0 Å². The second-order valence-electron chi connectivity index (χ2n) is 1.25. The summed E-state index contributed by atoms with van der Waals surface area (Å²) in [7, 11) is 0. The van der Waals surface area contributed by atoms with Gasteiger partial charge >= 0.3 is 0 Å². The minimum Gasteiger partial charge on any atom is -0.142 e.